The highest BCUT2D eigenvalue weighted by Crippen LogP contribution is 2.24. The molecule has 2 atom stereocenters. The van der Waals surface area contributed by atoms with Gasteiger partial charge in [0.1, 0.15) is 6.04 Å². The van der Waals surface area contributed by atoms with Gasteiger partial charge in [-0.1, -0.05) is 38.1 Å². The standard InChI is InChI=1S/C24H28N6O3S/c1-13(2)20(27-14(3)31)22(33)29-18(12-15-8-10-16(11-9-15)28-24(25)26)21(32)23-30-17-6-4-5-7-19(17)34-23/h4-11,13,18,20H,12H2,1-3H3,(H,27,31)(H,29,33)(H4,25,26,28). The molecule has 1 aromatic heterocycles. The van der Waals surface area contributed by atoms with Gasteiger partial charge in [0.2, 0.25) is 17.6 Å². The molecule has 0 aliphatic carbocycles. The Kier molecular flexibility index (Phi) is 7.95. The molecule has 0 saturated carbocycles. The fraction of sp³-hybridized carbons (Fsp3) is 0.292. The first-order chi connectivity index (χ1) is 16.1. The number of para-hydroxylation sites is 1. The number of aromatic nitrogens is 1. The zero-order chi connectivity index (χ0) is 24.8. The monoisotopic (exact) mass is 480 g/mol. The molecule has 2 amide bonds. The molecule has 10 heteroatoms. The number of guanidine groups is 1. The lowest BCUT2D eigenvalue weighted by molar-refractivity contribution is -0.129. The fourth-order valence-corrected chi connectivity index (χ4v) is 4.40. The number of rotatable bonds is 9. The lowest BCUT2D eigenvalue weighted by atomic mass is 9.99. The lowest BCUT2D eigenvalue weighted by Gasteiger charge is -2.24. The summed E-state index contributed by atoms with van der Waals surface area (Å²) < 4.78 is 0.885. The van der Waals surface area contributed by atoms with E-state index in [1.54, 1.807) is 24.3 Å². The lowest BCUT2D eigenvalue weighted by Crippen LogP contribution is -2.53. The average Bonchev–Trinajstić information content (AvgIpc) is 3.21. The van der Waals surface area contributed by atoms with E-state index in [9.17, 15) is 14.4 Å². The first kappa shape index (κ1) is 24.8. The predicted molar refractivity (Wildman–Crippen MR) is 134 cm³/mol. The molecule has 1 heterocycles. The topological polar surface area (TPSA) is 153 Å². The number of fused-ring (bicyclic) bond motifs is 1. The molecule has 0 aliphatic rings. The second-order valence-electron chi connectivity index (χ2n) is 8.24. The van der Waals surface area contributed by atoms with E-state index >= 15 is 0 Å². The zero-order valence-corrected chi connectivity index (χ0v) is 20.1. The second-order valence-corrected chi connectivity index (χ2v) is 9.27. The van der Waals surface area contributed by atoms with Gasteiger partial charge in [0.25, 0.3) is 0 Å². The number of thiazole rings is 1. The van der Waals surface area contributed by atoms with Crippen LogP contribution < -0.4 is 22.1 Å². The van der Waals surface area contributed by atoms with Gasteiger partial charge in [0.15, 0.2) is 11.0 Å². The maximum absolute atomic E-state index is 13.5. The largest absolute Gasteiger partial charge is 0.370 e. The minimum Gasteiger partial charge on any atom is -0.370 e. The highest BCUT2D eigenvalue weighted by Gasteiger charge is 2.30. The van der Waals surface area contributed by atoms with E-state index < -0.39 is 18.0 Å². The Balaban J connectivity index is 1.89. The Morgan fingerprint density at radius 2 is 1.71 bits per heavy atom. The molecular weight excluding hydrogens is 452 g/mol. The van der Waals surface area contributed by atoms with Crippen LogP contribution in [-0.4, -0.2) is 40.6 Å². The number of benzene rings is 2. The first-order valence-corrected chi connectivity index (χ1v) is 11.6. The maximum atomic E-state index is 13.5. The predicted octanol–water partition coefficient (Wildman–Crippen LogP) is 2.27. The zero-order valence-electron chi connectivity index (χ0n) is 19.2. The van der Waals surface area contributed by atoms with Crippen molar-refractivity contribution in [2.24, 2.45) is 22.4 Å². The fourth-order valence-electron chi connectivity index (χ4n) is 3.44. The van der Waals surface area contributed by atoms with Crippen LogP contribution in [0, 0.1) is 5.92 Å². The molecule has 9 nitrogen and oxygen atoms in total. The summed E-state index contributed by atoms with van der Waals surface area (Å²) >= 11 is 1.28. The molecule has 2 aromatic carbocycles. The number of hydrogen-bond donors (Lipinski definition) is 4. The number of nitrogens with zero attached hydrogens (tertiary/aromatic N) is 2. The van der Waals surface area contributed by atoms with E-state index in [4.69, 9.17) is 11.5 Å². The first-order valence-electron chi connectivity index (χ1n) is 10.8. The van der Waals surface area contributed by atoms with Crippen LogP contribution in [0.2, 0.25) is 0 Å². The molecule has 0 spiro atoms. The van der Waals surface area contributed by atoms with Crippen molar-refractivity contribution >= 4 is 50.8 Å². The molecule has 178 valence electrons. The van der Waals surface area contributed by atoms with Gasteiger partial charge in [0, 0.05) is 13.3 Å². The summed E-state index contributed by atoms with van der Waals surface area (Å²) in [5.74, 6) is -1.27. The van der Waals surface area contributed by atoms with Crippen molar-refractivity contribution in [1.82, 2.24) is 15.6 Å². The minimum absolute atomic E-state index is 0.0541. The summed E-state index contributed by atoms with van der Waals surface area (Å²) in [5.41, 5.74) is 12.9. The molecule has 3 aromatic rings. The Bertz CT molecular complexity index is 1180. The Morgan fingerprint density at radius 1 is 1.03 bits per heavy atom. The third-order valence-corrected chi connectivity index (χ3v) is 6.13. The number of nitrogens with two attached hydrogens (primary N) is 2. The summed E-state index contributed by atoms with van der Waals surface area (Å²) in [4.78, 5) is 46.6. The Labute approximate surface area is 201 Å². The van der Waals surface area contributed by atoms with Gasteiger partial charge in [-0.25, -0.2) is 9.98 Å². The Hall–Kier alpha value is -3.79. The number of nitrogens with one attached hydrogen (secondary N) is 2. The summed E-state index contributed by atoms with van der Waals surface area (Å²) in [6, 6.07) is 12.9. The number of ketones is 1. The van der Waals surface area contributed by atoms with Crippen LogP contribution in [0.4, 0.5) is 5.69 Å². The minimum atomic E-state index is -0.878. The maximum Gasteiger partial charge on any atom is 0.243 e. The number of carbonyl (C=O) groups is 3. The number of Topliss-reactive ketones (excluding diaryl/α,β-unsaturated/α-hetero) is 1. The number of carbonyl (C=O) groups excluding carboxylic acids is 3. The van der Waals surface area contributed by atoms with Crippen molar-refractivity contribution < 1.29 is 14.4 Å². The van der Waals surface area contributed by atoms with Gasteiger partial charge >= 0.3 is 0 Å². The molecule has 0 fully saturated rings. The van der Waals surface area contributed by atoms with Crippen molar-refractivity contribution in [3.63, 3.8) is 0 Å². The van der Waals surface area contributed by atoms with E-state index in [1.165, 1.54) is 18.3 Å². The summed E-state index contributed by atoms with van der Waals surface area (Å²) in [5, 5.41) is 5.81. The Morgan fingerprint density at radius 3 is 2.29 bits per heavy atom. The number of amides is 2. The van der Waals surface area contributed by atoms with Crippen LogP contribution in [-0.2, 0) is 16.0 Å². The molecule has 0 aliphatic heterocycles. The molecule has 6 N–H and O–H groups in total. The molecule has 0 radical (unpaired) electrons. The smallest absolute Gasteiger partial charge is 0.243 e. The van der Waals surface area contributed by atoms with Crippen LogP contribution >= 0.6 is 11.3 Å². The molecular formula is C24H28N6O3S. The molecule has 0 saturated heterocycles. The highest BCUT2D eigenvalue weighted by atomic mass is 32.1. The average molecular weight is 481 g/mol. The van der Waals surface area contributed by atoms with Crippen LogP contribution in [0.3, 0.4) is 0 Å². The van der Waals surface area contributed by atoms with Crippen LogP contribution in [0.1, 0.15) is 36.1 Å². The normalized spacial score (nSPS) is 12.7. The second kappa shape index (κ2) is 10.9. The van der Waals surface area contributed by atoms with Crippen LogP contribution in [0.25, 0.3) is 10.2 Å². The summed E-state index contributed by atoms with van der Waals surface area (Å²) in [6.45, 7) is 5.00. The summed E-state index contributed by atoms with van der Waals surface area (Å²) in [6.07, 6.45) is 0.230. The number of hydrogen-bond acceptors (Lipinski definition) is 6. The van der Waals surface area contributed by atoms with Crippen LogP contribution in [0.5, 0.6) is 0 Å². The van der Waals surface area contributed by atoms with Crippen molar-refractivity contribution in [3.8, 4) is 0 Å². The molecule has 34 heavy (non-hydrogen) atoms. The summed E-state index contributed by atoms with van der Waals surface area (Å²) in [7, 11) is 0. The van der Waals surface area contributed by atoms with Gasteiger partial charge in [-0.15, -0.1) is 11.3 Å². The van der Waals surface area contributed by atoms with E-state index in [-0.39, 0.29) is 30.0 Å². The van der Waals surface area contributed by atoms with Gasteiger partial charge < -0.3 is 22.1 Å². The van der Waals surface area contributed by atoms with Gasteiger partial charge in [-0.05, 0) is 35.7 Å². The van der Waals surface area contributed by atoms with Crippen LogP contribution in [0.15, 0.2) is 53.5 Å². The molecule has 0 bridgehead atoms. The van der Waals surface area contributed by atoms with E-state index in [2.05, 4.69) is 20.6 Å². The number of aliphatic imine (C=N–C) groups is 1. The molecule has 2 unspecified atom stereocenters. The third-order valence-electron chi connectivity index (χ3n) is 5.08. The van der Waals surface area contributed by atoms with Crippen molar-refractivity contribution in [3.05, 3.63) is 59.1 Å². The van der Waals surface area contributed by atoms with E-state index in [0.717, 1.165) is 15.8 Å². The van der Waals surface area contributed by atoms with Crippen molar-refractivity contribution in [2.75, 3.05) is 0 Å². The van der Waals surface area contributed by atoms with Gasteiger partial charge in [-0.3, -0.25) is 14.4 Å². The quantitative estimate of drug-likeness (QED) is 0.209. The van der Waals surface area contributed by atoms with E-state index in [0.29, 0.717) is 10.7 Å². The van der Waals surface area contributed by atoms with Crippen molar-refractivity contribution in [2.45, 2.75) is 39.3 Å². The van der Waals surface area contributed by atoms with Gasteiger partial charge in [0.05, 0.1) is 21.9 Å². The van der Waals surface area contributed by atoms with Crippen molar-refractivity contribution in [1.29, 1.82) is 0 Å². The SMILES string of the molecule is CC(=O)NC(C(=O)NC(Cc1ccc(N=C(N)N)cc1)C(=O)c1nc2ccccc2s1)C(C)C. The third kappa shape index (κ3) is 6.38. The molecule has 3 rings (SSSR count). The highest BCUT2D eigenvalue weighted by molar-refractivity contribution is 7.20. The van der Waals surface area contributed by atoms with E-state index in [1.807, 2.05) is 38.1 Å². The van der Waals surface area contributed by atoms with Gasteiger partial charge in [-0.2, -0.15) is 0 Å².